The number of hydrogen-bond donors (Lipinski definition) is 2. The number of anilines is 1. The summed E-state index contributed by atoms with van der Waals surface area (Å²) in [5.74, 6) is -1.38. The molecule has 2 aromatic rings. The van der Waals surface area contributed by atoms with E-state index in [9.17, 15) is 17.2 Å². The Balaban J connectivity index is 2.48. The summed E-state index contributed by atoms with van der Waals surface area (Å²) < 4.78 is 53.1. The highest BCUT2D eigenvalue weighted by molar-refractivity contribution is 7.92. The Bertz CT molecular complexity index is 782. The van der Waals surface area contributed by atoms with Gasteiger partial charge in [-0.25, -0.2) is 17.2 Å². The summed E-state index contributed by atoms with van der Waals surface area (Å²) in [6.45, 7) is -0.0899. The molecule has 3 N–H and O–H groups in total. The van der Waals surface area contributed by atoms with E-state index < -0.39 is 21.7 Å². The van der Waals surface area contributed by atoms with Crippen LogP contribution in [0.5, 0.6) is 0 Å². The van der Waals surface area contributed by atoms with Gasteiger partial charge in [0, 0.05) is 6.54 Å². The summed E-state index contributed by atoms with van der Waals surface area (Å²) in [6, 6.07) is 6.46. The summed E-state index contributed by atoms with van der Waals surface area (Å²) >= 11 is 5.80. The molecule has 0 fully saturated rings. The lowest BCUT2D eigenvalue weighted by Gasteiger charge is -2.12. The van der Waals surface area contributed by atoms with Crippen LogP contribution in [0, 0.1) is 11.6 Å². The van der Waals surface area contributed by atoms with Gasteiger partial charge in [-0.3, -0.25) is 4.72 Å². The second-order valence-corrected chi connectivity index (χ2v) is 6.24. The maximum Gasteiger partial charge on any atom is 0.262 e. The Kier molecular flexibility index (Phi) is 4.46. The van der Waals surface area contributed by atoms with Crippen molar-refractivity contribution in [3.8, 4) is 0 Å². The second kappa shape index (κ2) is 5.97. The van der Waals surface area contributed by atoms with Crippen molar-refractivity contribution < 1.29 is 17.2 Å². The van der Waals surface area contributed by atoms with Gasteiger partial charge in [0.15, 0.2) is 0 Å². The van der Waals surface area contributed by atoms with Crippen molar-refractivity contribution >= 4 is 27.3 Å². The Morgan fingerprint density at radius 1 is 1.10 bits per heavy atom. The summed E-state index contributed by atoms with van der Waals surface area (Å²) in [7, 11) is -4.14. The van der Waals surface area contributed by atoms with Crippen LogP contribution in [-0.4, -0.2) is 8.42 Å². The molecule has 8 heteroatoms. The Hall–Kier alpha value is -1.70. The lowest BCUT2D eigenvalue weighted by molar-refractivity contribution is 0.593. The largest absolute Gasteiger partial charge is 0.326 e. The highest BCUT2D eigenvalue weighted by Gasteiger charge is 2.20. The fraction of sp³-hybridized carbons (Fsp3) is 0.0769. The van der Waals surface area contributed by atoms with E-state index in [-0.39, 0.29) is 27.7 Å². The molecule has 4 nitrogen and oxygen atoms in total. The first-order chi connectivity index (χ1) is 9.83. The van der Waals surface area contributed by atoms with Gasteiger partial charge in [-0.2, -0.15) is 0 Å². The molecule has 0 spiro atoms. The normalized spacial score (nSPS) is 11.4. The zero-order chi connectivity index (χ0) is 15.6. The van der Waals surface area contributed by atoms with Crippen molar-refractivity contribution in [2.24, 2.45) is 5.73 Å². The first kappa shape index (κ1) is 15.7. The van der Waals surface area contributed by atoms with Crippen molar-refractivity contribution in [2.75, 3.05) is 4.72 Å². The molecule has 2 aromatic carbocycles. The number of benzene rings is 2. The first-order valence-electron chi connectivity index (χ1n) is 5.80. The van der Waals surface area contributed by atoms with Crippen LogP contribution in [0.25, 0.3) is 0 Å². The van der Waals surface area contributed by atoms with Gasteiger partial charge < -0.3 is 5.73 Å². The highest BCUT2D eigenvalue weighted by Crippen LogP contribution is 2.26. The molecule has 0 saturated heterocycles. The van der Waals surface area contributed by atoms with Crippen LogP contribution in [0.1, 0.15) is 5.56 Å². The summed E-state index contributed by atoms with van der Waals surface area (Å²) in [5.41, 5.74) is 5.54. The van der Waals surface area contributed by atoms with E-state index in [1.54, 1.807) is 0 Å². The van der Waals surface area contributed by atoms with E-state index in [1.807, 2.05) is 0 Å². The van der Waals surface area contributed by atoms with Gasteiger partial charge in [0.05, 0.1) is 15.6 Å². The van der Waals surface area contributed by atoms with Crippen LogP contribution in [0.15, 0.2) is 41.3 Å². The van der Waals surface area contributed by atoms with Gasteiger partial charge in [0.2, 0.25) is 0 Å². The predicted octanol–water partition coefficient (Wildman–Crippen LogP) is 2.88. The summed E-state index contributed by atoms with van der Waals surface area (Å²) in [6.07, 6.45) is 0. The Morgan fingerprint density at radius 2 is 1.71 bits per heavy atom. The molecule has 0 aliphatic carbocycles. The predicted molar refractivity (Wildman–Crippen MR) is 76.5 cm³/mol. The van der Waals surface area contributed by atoms with Gasteiger partial charge in [-0.1, -0.05) is 17.7 Å². The standard InChI is InChI=1S/C13H11ClF2N2O2S/c14-11-4-3-9(15)5-12(11)18-21(19,20)13-6-10(16)2-1-8(13)7-17/h1-6,18H,7,17H2. The lowest BCUT2D eigenvalue weighted by Crippen LogP contribution is -2.17. The Morgan fingerprint density at radius 3 is 2.38 bits per heavy atom. The van der Waals surface area contributed by atoms with Crippen molar-refractivity contribution in [1.82, 2.24) is 0 Å². The van der Waals surface area contributed by atoms with Crippen LogP contribution in [0.4, 0.5) is 14.5 Å². The SMILES string of the molecule is NCc1ccc(F)cc1S(=O)(=O)Nc1cc(F)ccc1Cl. The molecule has 0 atom stereocenters. The van der Waals surface area contributed by atoms with Crippen LogP contribution < -0.4 is 10.5 Å². The quantitative estimate of drug-likeness (QED) is 0.904. The minimum atomic E-state index is -4.14. The van der Waals surface area contributed by atoms with Gasteiger partial charge >= 0.3 is 0 Å². The first-order valence-corrected chi connectivity index (χ1v) is 7.66. The molecule has 21 heavy (non-hydrogen) atoms. The molecule has 0 heterocycles. The maximum atomic E-state index is 13.3. The van der Waals surface area contributed by atoms with Gasteiger partial charge in [0.1, 0.15) is 11.6 Å². The summed E-state index contributed by atoms with van der Waals surface area (Å²) in [5, 5.41) is 0.0191. The molecule has 0 aromatic heterocycles. The monoisotopic (exact) mass is 332 g/mol. The van der Waals surface area contributed by atoms with E-state index >= 15 is 0 Å². The number of sulfonamides is 1. The smallest absolute Gasteiger partial charge is 0.262 e. The number of rotatable bonds is 4. The third-order valence-corrected chi connectivity index (χ3v) is 4.49. The average Bonchev–Trinajstić information content (AvgIpc) is 2.42. The Labute approximate surface area is 125 Å². The lowest BCUT2D eigenvalue weighted by atomic mass is 10.2. The molecular formula is C13H11ClF2N2O2S. The van der Waals surface area contributed by atoms with Crippen molar-refractivity contribution in [3.05, 3.63) is 58.6 Å². The van der Waals surface area contributed by atoms with Crippen LogP contribution in [0.3, 0.4) is 0 Å². The van der Waals surface area contributed by atoms with E-state index in [4.69, 9.17) is 17.3 Å². The van der Waals surface area contributed by atoms with E-state index in [0.717, 1.165) is 24.3 Å². The van der Waals surface area contributed by atoms with Crippen molar-refractivity contribution in [1.29, 1.82) is 0 Å². The number of nitrogens with one attached hydrogen (secondary N) is 1. The van der Waals surface area contributed by atoms with Gasteiger partial charge in [0.25, 0.3) is 10.0 Å². The molecule has 0 bridgehead atoms. The van der Waals surface area contributed by atoms with E-state index in [0.29, 0.717) is 0 Å². The molecule has 2 rings (SSSR count). The fourth-order valence-corrected chi connectivity index (χ4v) is 3.28. The number of halogens is 3. The average molecular weight is 333 g/mol. The maximum absolute atomic E-state index is 13.3. The third kappa shape index (κ3) is 3.49. The van der Waals surface area contributed by atoms with Crippen molar-refractivity contribution in [2.45, 2.75) is 11.4 Å². The minimum absolute atomic E-state index is 0.0191. The molecule has 0 saturated carbocycles. The van der Waals surface area contributed by atoms with Gasteiger partial charge in [-0.15, -0.1) is 0 Å². The zero-order valence-corrected chi connectivity index (χ0v) is 12.2. The van der Waals surface area contributed by atoms with E-state index in [1.165, 1.54) is 12.1 Å². The van der Waals surface area contributed by atoms with E-state index in [2.05, 4.69) is 4.72 Å². The molecule has 0 amide bonds. The van der Waals surface area contributed by atoms with Crippen LogP contribution >= 0.6 is 11.6 Å². The van der Waals surface area contributed by atoms with Crippen molar-refractivity contribution in [3.63, 3.8) is 0 Å². The second-order valence-electron chi connectivity index (χ2n) is 4.19. The highest BCUT2D eigenvalue weighted by atomic mass is 35.5. The summed E-state index contributed by atoms with van der Waals surface area (Å²) in [4.78, 5) is -0.315. The topological polar surface area (TPSA) is 72.2 Å². The number of hydrogen-bond acceptors (Lipinski definition) is 3. The third-order valence-electron chi connectivity index (χ3n) is 2.71. The molecule has 0 aliphatic heterocycles. The van der Waals surface area contributed by atoms with Gasteiger partial charge in [-0.05, 0) is 35.9 Å². The molecule has 0 unspecified atom stereocenters. The zero-order valence-electron chi connectivity index (χ0n) is 10.6. The van der Waals surface area contributed by atoms with Crippen LogP contribution in [0.2, 0.25) is 5.02 Å². The molecule has 0 aliphatic rings. The molecule has 0 radical (unpaired) electrons. The number of nitrogens with two attached hydrogens (primary N) is 1. The molecular weight excluding hydrogens is 322 g/mol. The van der Waals surface area contributed by atoms with Crippen LogP contribution in [-0.2, 0) is 16.6 Å². The minimum Gasteiger partial charge on any atom is -0.326 e. The molecule has 112 valence electrons. The fourth-order valence-electron chi connectivity index (χ4n) is 1.72.